The molecule has 1 atom stereocenters. The van der Waals surface area contributed by atoms with E-state index in [1.54, 1.807) is 13.0 Å². The first-order valence-electron chi connectivity index (χ1n) is 8.68. The van der Waals surface area contributed by atoms with E-state index in [4.69, 9.17) is 9.26 Å². The van der Waals surface area contributed by atoms with Crippen molar-refractivity contribution in [3.05, 3.63) is 71.8 Å². The van der Waals surface area contributed by atoms with Crippen LogP contribution in [-0.2, 0) is 22.6 Å². The van der Waals surface area contributed by atoms with Gasteiger partial charge in [-0.3, -0.25) is 10.1 Å². The Morgan fingerprint density at radius 3 is 2.54 bits per heavy atom. The highest BCUT2D eigenvalue weighted by Crippen LogP contribution is 2.22. The van der Waals surface area contributed by atoms with Gasteiger partial charge in [-0.15, -0.1) is 0 Å². The van der Waals surface area contributed by atoms with Crippen molar-refractivity contribution in [2.75, 3.05) is 5.32 Å². The lowest BCUT2D eigenvalue weighted by Gasteiger charge is -2.11. The van der Waals surface area contributed by atoms with Gasteiger partial charge in [-0.05, 0) is 24.5 Å². The lowest BCUT2D eigenvalue weighted by Crippen LogP contribution is -2.27. The predicted molar refractivity (Wildman–Crippen MR) is 101 cm³/mol. The van der Waals surface area contributed by atoms with Crippen molar-refractivity contribution in [3.63, 3.8) is 0 Å². The molecule has 3 aromatic rings. The van der Waals surface area contributed by atoms with Gasteiger partial charge in [-0.2, -0.15) is 0 Å². The molecule has 134 valence electrons. The van der Waals surface area contributed by atoms with Crippen LogP contribution in [-0.4, -0.2) is 17.2 Å². The van der Waals surface area contributed by atoms with E-state index in [-0.39, 0.29) is 5.91 Å². The Balaban J connectivity index is 1.56. The van der Waals surface area contributed by atoms with Crippen LogP contribution in [0.15, 0.2) is 65.2 Å². The van der Waals surface area contributed by atoms with Gasteiger partial charge in [0.1, 0.15) is 11.8 Å². The molecule has 0 aliphatic heterocycles. The number of nitrogens with one attached hydrogen (secondary N) is 1. The van der Waals surface area contributed by atoms with E-state index in [0.29, 0.717) is 18.2 Å². The lowest BCUT2D eigenvalue weighted by molar-refractivity contribution is -0.127. The molecule has 1 aromatic heterocycles. The number of anilines is 1. The summed E-state index contributed by atoms with van der Waals surface area (Å²) in [6.45, 7) is 4.19. The first-order valence-corrected chi connectivity index (χ1v) is 8.68. The molecule has 0 saturated carbocycles. The number of ether oxygens (including phenoxy) is 1. The van der Waals surface area contributed by atoms with Gasteiger partial charge in [0.2, 0.25) is 5.88 Å². The molecule has 0 saturated heterocycles. The van der Waals surface area contributed by atoms with E-state index < -0.39 is 6.10 Å². The predicted octanol–water partition coefficient (Wildman–Crippen LogP) is 4.45. The molecule has 0 bridgehead atoms. The van der Waals surface area contributed by atoms with Gasteiger partial charge in [-0.25, -0.2) is 0 Å². The van der Waals surface area contributed by atoms with Crippen molar-refractivity contribution in [1.82, 2.24) is 5.16 Å². The Kier molecular flexibility index (Phi) is 5.81. The van der Waals surface area contributed by atoms with Crippen LogP contribution >= 0.6 is 0 Å². The number of hydrogen-bond acceptors (Lipinski definition) is 4. The molecule has 3 rings (SSSR count). The second-order valence-electron chi connectivity index (χ2n) is 6.05. The molecule has 1 unspecified atom stereocenters. The van der Waals surface area contributed by atoms with Crippen molar-refractivity contribution in [2.24, 2.45) is 0 Å². The molecule has 0 fully saturated rings. The minimum atomic E-state index is -0.604. The molecular formula is C21H22N2O3. The van der Waals surface area contributed by atoms with Gasteiger partial charge in [0, 0.05) is 11.6 Å². The standard InChI is InChI=1S/C21H22N2O3/c1-3-16-9-11-18(12-10-16)19-13-20(26-23-19)22-21(24)15(2)25-14-17-7-5-4-6-8-17/h4-13,15H,3,14H2,1-2H3,(H,22,24). The van der Waals surface area contributed by atoms with Crippen molar-refractivity contribution < 1.29 is 14.1 Å². The normalized spacial score (nSPS) is 11.9. The van der Waals surface area contributed by atoms with Gasteiger partial charge >= 0.3 is 0 Å². The average molecular weight is 350 g/mol. The highest BCUT2D eigenvalue weighted by atomic mass is 16.5. The zero-order valence-corrected chi connectivity index (χ0v) is 14.9. The molecule has 1 heterocycles. The number of hydrogen-bond donors (Lipinski definition) is 1. The number of amides is 1. The molecule has 5 nitrogen and oxygen atoms in total. The van der Waals surface area contributed by atoms with Crippen LogP contribution in [0.3, 0.4) is 0 Å². The summed E-state index contributed by atoms with van der Waals surface area (Å²) in [5.74, 6) is 0.0321. The third-order valence-electron chi connectivity index (χ3n) is 4.13. The van der Waals surface area contributed by atoms with Crippen molar-refractivity contribution in [2.45, 2.75) is 33.0 Å². The smallest absolute Gasteiger partial charge is 0.255 e. The Morgan fingerprint density at radius 1 is 1.12 bits per heavy atom. The summed E-state index contributed by atoms with van der Waals surface area (Å²) in [5.41, 5.74) is 3.90. The van der Waals surface area contributed by atoms with E-state index in [1.807, 2.05) is 42.5 Å². The molecule has 26 heavy (non-hydrogen) atoms. The van der Waals surface area contributed by atoms with Crippen molar-refractivity contribution >= 4 is 11.8 Å². The van der Waals surface area contributed by atoms with Crippen molar-refractivity contribution in [1.29, 1.82) is 0 Å². The Labute approximate surface area is 153 Å². The van der Waals surface area contributed by atoms with Crippen LogP contribution in [0.5, 0.6) is 0 Å². The molecule has 0 spiro atoms. The summed E-state index contributed by atoms with van der Waals surface area (Å²) in [7, 11) is 0. The number of carbonyl (C=O) groups is 1. The summed E-state index contributed by atoms with van der Waals surface area (Å²) in [5, 5.41) is 6.71. The maximum absolute atomic E-state index is 12.2. The van der Waals surface area contributed by atoms with E-state index in [1.165, 1.54) is 5.56 Å². The van der Waals surface area contributed by atoms with Crippen LogP contribution in [0.1, 0.15) is 25.0 Å². The van der Waals surface area contributed by atoms with Gasteiger partial charge in [0.25, 0.3) is 5.91 Å². The fourth-order valence-corrected chi connectivity index (χ4v) is 2.48. The highest BCUT2D eigenvalue weighted by molar-refractivity contribution is 5.93. The summed E-state index contributed by atoms with van der Waals surface area (Å²) in [6.07, 6.45) is 0.383. The fourth-order valence-electron chi connectivity index (χ4n) is 2.48. The first kappa shape index (κ1) is 17.9. The van der Waals surface area contributed by atoms with Crippen LogP contribution in [0, 0.1) is 0 Å². The topological polar surface area (TPSA) is 64.4 Å². The van der Waals surface area contributed by atoms with E-state index in [0.717, 1.165) is 17.5 Å². The van der Waals surface area contributed by atoms with Crippen molar-refractivity contribution in [3.8, 4) is 11.3 Å². The summed E-state index contributed by atoms with van der Waals surface area (Å²) in [6, 6.07) is 19.5. The zero-order chi connectivity index (χ0) is 18.4. The minimum Gasteiger partial charge on any atom is -0.364 e. The molecule has 0 aliphatic rings. The molecule has 1 amide bonds. The molecular weight excluding hydrogens is 328 g/mol. The van der Waals surface area contributed by atoms with E-state index in [9.17, 15) is 4.79 Å². The SMILES string of the molecule is CCc1ccc(-c2cc(NC(=O)C(C)OCc3ccccc3)on2)cc1. The van der Waals surface area contributed by atoms with E-state index in [2.05, 4.69) is 29.5 Å². The average Bonchev–Trinajstić information content (AvgIpc) is 3.15. The summed E-state index contributed by atoms with van der Waals surface area (Å²) < 4.78 is 10.8. The quantitative estimate of drug-likeness (QED) is 0.684. The number of nitrogens with zero attached hydrogens (tertiary/aromatic N) is 1. The van der Waals surface area contributed by atoms with Gasteiger partial charge in [0.05, 0.1) is 6.61 Å². The van der Waals surface area contributed by atoms with Crippen LogP contribution in [0.25, 0.3) is 11.3 Å². The van der Waals surface area contributed by atoms with Gasteiger partial charge < -0.3 is 9.26 Å². The van der Waals surface area contributed by atoms with Gasteiger partial charge in [-0.1, -0.05) is 66.7 Å². The maximum atomic E-state index is 12.2. The molecule has 1 N–H and O–H groups in total. The largest absolute Gasteiger partial charge is 0.364 e. The minimum absolute atomic E-state index is 0.273. The maximum Gasteiger partial charge on any atom is 0.255 e. The summed E-state index contributed by atoms with van der Waals surface area (Å²) >= 11 is 0. The number of aryl methyl sites for hydroxylation is 1. The molecule has 0 aliphatic carbocycles. The van der Waals surface area contributed by atoms with Crippen LogP contribution in [0.4, 0.5) is 5.88 Å². The molecule has 0 radical (unpaired) electrons. The second kappa shape index (κ2) is 8.45. The van der Waals surface area contributed by atoms with E-state index >= 15 is 0 Å². The molecule has 5 heteroatoms. The Hall–Kier alpha value is -2.92. The third-order valence-corrected chi connectivity index (χ3v) is 4.13. The number of carbonyl (C=O) groups excluding carboxylic acids is 1. The summed E-state index contributed by atoms with van der Waals surface area (Å²) in [4.78, 5) is 12.2. The number of benzene rings is 2. The zero-order valence-electron chi connectivity index (χ0n) is 14.9. The van der Waals surface area contributed by atoms with Gasteiger partial charge in [0.15, 0.2) is 0 Å². The lowest BCUT2D eigenvalue weighted by atomic mass is 10.1. The molecule has 2 aromatic carbocycles. The number of aromatic nitrogens is 1. The number of rotatable bonds is 7. The third kappa shape index (κ3) is 4.58. The Bertz CT molecular complexity index is 841. The fraction of sp³-hybridized carbons (Fsp3) is 0.238. The first-order chi connectivity index (χ1) is 12.7. The van der Waals surface area contributed by atoms with Crippen LogP contribution in [0.2, 0.25) is 0 Å². The Morgan fingerprint density at radius 2 is 1.85 bits per heavy atom. The second-order valence-corrected chi connectivity index (χ2v) is 6.05. The van der Waals surface area contributed by atoms with Crippen LogP contribution < -0.4 is 5.32 Å². The monoisotopic (exact) mass is 350 g/mol. The highest BCUT2D eigenvalue weighted by Gasteiger charge is 2.16.